The number of fused-ring (bicyclic) bond motifs is 1. The number of amides is 1. The summed E-state index contributed by atoms with van der Waals surface area (Å²) in [6, 6.07) is 8.82. The molecule has 0 N–H and O–H groups in total. The summed E-state index contributed by atoms with van der Waals surface area (Å²) < 4.78 is 5.48. The molecule has 0 aromatic heterocycles. The Morgan fingerprint density at radius 2 is 2.00 bits per heavy atom. The second kappa shape index (κ2) is 5.47. The minimum atomic E-state index is -0.435. The Kier molecular flexibility index (Phi) is 3.77. The van der Waals surface area contributed by atoms with E-state index in [-0.39, 0.29) is 6.09 Å². The van der Waals surface area contributed by atoms with Gasteiger partial charge in [0, 0.05) is 32.7 Å². The van der Waals surface area contributed by atoms with Crippen molar-refractivity contribution in [3.8, 4) is 0 Å². The van der Waals surface area contributed by atoms with Gasteiger partial charge in [-0.25, -0.2) is 9.80 Å². The summed E-state index contributed by atoms with van der Waals surface area (Å²) in [4.78, 5) is 14.0. The summed E-state index contributed by atoms with van der Waals surface area (Å²) in [6.07, 6.45) is 0.784. The summed E-state index contributed by atoms with van der Waals surface area (Å²) in [5, 5.41) is 4.58. The molecule has 1 saturated heterocycles. The third-order valence-corrected chi connectivity index (χ3v) is 4.29. The summed E-state index contributed by atoms with van der Waals surface area (Å²) in [7, 11) is 2.10. The number of nitrogens with zero attached hydrogens (tertiary/aromatic N) is 3. The molecule has 2 aliphatic rings. The fraction of sp³-hybridized carbons (Fsp3) is 0.588. The van der Waals surface area contributed by atoms with Gasteiger partial charge in [0.15, 0.2) is 0 Å². The van der Waals surface area contributed by atoms with Crippen molar-refractivity contribution in [1.29, 1.82) is 0 Å². The first kappa shape index (κ1) is 15.2. The molecule has 2 heterocycles. The fourth-order valence-electron chi connectivity index (χ4n) is 3.23. The molecule has 1 aromatic rings. The Morgan fingerprint density at radius 3 is 2.68 bits per heavy atom. The molecule has 0 spiro atoms. The van der Waals surface area contributed by atoms with E-state index in [1.165, 1.54) is 11.3 Å². The molecule has 5 nitrogen and oxygen atoms in total. The molecular formula is C17H25N3O2. The maximum atomic E-state index is 12.2. The van der Waals surface area contributed by atoms with E-state index >= 15 is 0 Å². The van der Waals surface area contributed by atoms with Crippen molar-refractivity contribution >= 4 is 11.8 Å². The van der Waals surface area contributed by atoms with Gasteiger partial charge in [-0.1, -0.05) is 18.2 Å². The standard InChI is InChI=1S/C17H25N3O2/c1-17(2,3)22-16(21)19-10-9-14(12-19)20-11-13-7-5-6-8-15(13)18(20)4/h5-8,14H,9-12H2,1-4H3/t14-/m1/s1. The summed E-state index contributed by atoms with van der Waals surface area (Å²) in [5.74, 6) is 0. The van der Waals surface area contributed by atoms with E-state index in [1.54, 1.807) is 0 Å². The van der Waals surface area contributed by atoms with Crippen molar-refractivity contribution in [2.75, 3.05) is 25.1 Å². The van der Waals surface area contributed by atoms with Crippen LogP contribution in [0.4, 0.5) is 10.5 Å². The molecule has 22 heavy (non-hydrogen) atoms. The monoisotopic (exact) mass is 303 g/mol. The van der Waals surface area contributed by atoms with Crippen LogP contribution in [0.25, 0.3) is 0 Å². The second-order valence-electron chi connectivity index (χ2n) is 7.12. The smallest absolute Gasteiger partial charge is 0.410 e. The van der Waals surface area contributed by atoms with Gasteiger partial charge >= 0.3 is 6.09 Å². The Labute approximate surface area is 132 Å². The van der Waals surface area contributed by atoms with Crippen molar-refractivity contribution in [3.05, 3.63) is 29.8 Å². The van der Waals surface area contributed by atoms with Crippen LogP contribution in [-0.4, -0.2) is 47.8 Å². The van der Waals surface area contributed by atoms with E-state index in [0.29, 0.717) is 6.04 Å². The Balaban J connectivity index is 1.64. The van der Waals surface area contributed by atoms with Crippen LogP contribution in [0.3, 0.4) is 0 Å². The van der Waals surface area contributed by atoms with Crippen molar-refractivity contribution in [2.45, 2.75) is 45.4 Å². The highest BCUT2D eigenvalue weighted by molar-refractivity contribution is 5.68. The largest absolute Gasteiger partial charge is 0.444 e. The first-order valence-electron chi connectivity index (χ1n) is 7.91. The van der Waals surface area contributed by atoms with Crippen LogP contribution in [0.5, 0.6) is 0 Å². The van der Waals surface area contributed by atoms with Gasteiger partial charge in [0.25, 0.3) is 0 Å². The minimum Gasteiger partial charge on any atom is -0.444 e. The highest BCUT2D eigenvalue weighted by Crippen LogP contribution is 2.33. The minimum absolute atomic E-state index is 0.200. The third-order valence-electron chi connectivity index (χ3n) is 4.29. The highest BCUT2D eigenvalue weighted by atomic mass is 16.6. The molecule has 0 radical (unpaired) electrons. The molecule has 1 fully saturated rings. The molecule has 0 unspecified atom stereocenters. The molecule has 1 atom stereocenters. The number of carbonyl (C=O) groups is 1. The van der Waals surface area contributed by atoms with Gasteiger partial charge in [-0.3, -0.25) is 0 Å². The molecule has 1 aromatic carbocycles. The number of rotatable bonds is 1. The van der Waals surface area contributed by atoms with Crippen LogP contribution >= 0.6 is 0 Å². The predicted octanol–water partition coefficient (Wildman–Crippen LogP) is 2.86. The van der Waals surface area contributed by atoms with Crippen LogP contribution < -0.4 is 5.01 Å². The molecule has 0 saturated carbocycles. The van der Waals surface area contributed by atoms with E-state index in [2.05, 4.69) is 41.3 Å². The maximum Gasteiger partial charge on any atom is 0.410 e. The van der Waals surface area contributed by atoms with Gasteiger partial charge in [0.2, 0.25) is 0 Å². The number of hydrazine groups is 1. The number of para-hydroxylation sites is 1. The molecule has 0 aliphatic carbocycles. The Bertz CT molecular complexity index is 567. The van der Waals surface area contributed by atoms with Crippen molar-refractivity contribution < 1.29 is 9.53 Å². The van der Waals surface area contributed by atoms with Gasteiger partial charge in [-0.15, -0.1) is 0 Å². The van der Waals surface area contributed by atoms with Crippen molar-refractivity contribution in [1.82, 2.24) is 9.91 Å². The van der Waals surface area contributed by atoms with E-state index in [0.717, 1.165) is 26.1 Å². The SMILES string of the molecule is CN1c2ccccc2CN1[C@@H]1CCN(C(=O)OC(C)(C)C)C1. The molecule has 120 valence electrons. The van der Waals surface area contributed by atoms with Crippen LogP contribution in [0.2, 0.25) is 0 Å². The van der Waals surface area contributed by atoms with Gasteiger partial charge in [0.05, 0.1) is 5.69 Å². The van der Waals surface area contributed by atoms with E-state index in [9.17, 15) is 4.79 Å². The lowest BCUT2D eigenvalue weighted by Crippen LogP contribution is -2.45. The number of carbonyl (C=O) groups excluding carboxylic acids is 1. The Morgan fingerprint density at radius 1 is 1.27 bits per heavy atom. The van der Waals surface area contributed by atoms with Gasteiger partial charge in [-0.2, -0.15) is 0 Å². The van der Waals surface area contributed by atoms with Crippen LogP contribution in [0, 0.1) is 0 Å². The van der Waals surface area contributed by atoms with Crippen LogP contribution in [0.1, 0.15) is 32.8 Å². The predicted molar refractivity (Wildman–Crippen MR) is 86.6 cm³/mol. The summed E-state index contributed by atoms with van der Waals surface area (Å²) in [6.45, 7) is 8.13. The van der Waals surface area contributed by atoms with Crippen molar-refractivity contribution in [2.24, 2.45) is 0 Å². The molecular weight excluding hydrogens is 278 g/mol. The molecule has 2 aliphatic heterocycles. The maximum absolute atomic E-state index is 12.2. The number of likely N-dealkylation sites (tertiary alicyclic amines) is 1. The quantitative estimate of drug-likeness (QED) is 0.799. The first-order valence-corrected chi connectivity index (χ1v) is 7.91. The van der Waals surface area contributed by atoms with Crippen molar-refractivity contribution in [3.63, 3.8) is 0 Å². The fourth-order valence-corrected chi connectivity index (χ4v) is 3.23. The lowest BCUT2D eigenvalue weighted by atomic mass is 10.2. The van der Waals surface area contributed by atoms with E-state index in [1.807, 2.05) is 25.7 Å². The average Bonchev–Trinajstić information content (AvgIpc) is 3.03. The lowest BCUT2D eigenvalue weighted by molar-refractivity contribution is 0.0279. The first-order chi connectivity index (χ1) is 10.3. The number of hydrogen-bond donors (Lipinski definition) is 0. The zero-order chi connectivity index (χ0) is 15.9. The molecule has 3 rings (SSSR count). The number of ether oxygens (including phenoxy) is 1. The topological polar surface area (TPSA) is 36.0 Å². The molecule has 1 amide bonds. The number of benzene rings is 1. The van der Waals surface area contributed by atoms with Crippen LogP contribution in [0.15, 0.2) is 24.3 Å². The lowest BCUT2D eigenvalue weighted by Gasteiger charge is -2.32. The summed E-state index contributed by atoms with van der Waals surface area (Å²) in [5.41, 5.74) is 2.18. The van der Waals surface area contributed by atoms with Gasteiger partial charge in [-0.05, 0) is 38.8 Å². The third kappa shape index (κ3) is 2.90. The molecule has 5 heteroatoms. The van der Waals surface area contributed by atoms with Crippen LogP contribution in [-0.2, 0) is 11.3 Å². The average molecular weight is 303 g/mol. The highest BCUT2D eigenvalue weighted by Gasteiger charge is 2.37. The van der Waals surface area contributed by atoms with Gasteiger partial charge in [0.1, 0.15) is 5.60 Å². The van der Waals surface area contributed by atoms with Gasteiger partial charge < -0.3 is 14.6 Å². The normalized spacial score (nSPS) is 22.1. The van der Waals surface area contributed by atoms with E-state index in [4.69, 9.17) is 4.74 Å². The zero-order valence-corrected chi connectivity index (χ0v) is 13.9. The van der Waals surface area contributed by atoms with E-state index < -0.39 is 5.60 Å². The molecule has 0 bridgehead atoms. The Hall–Kier alpha value is -1.75. The number of hydrogen-bond acceptors (Lipinski definition) is 4. The second-order valence-corrected chi connectivity index (χ2v) is 7.12. The zero-order valence-electron chi connectivity index (χ0n) is 13.9. The number of anilines is 1. The summed E-state index contributed by atoms with van der Waals surface area (Å²) >= 11 is 0.